The molecule has 0 aliphatic carbocycles. The lowest BCUT2D eigenvalue weighted by atomic mass is 10.0. The van der Waals surface area contributed by atoms with Crippen LogP contribution in [0.25, 0.3) is 0 Å². The van der Waals surface area contributed by atoms with E-state index in [-0.39, 0.29) is 12.5 Å². The largest absolute Gasteiger partial charge is 0.396 e. The lowest BCUT2D eigenvalue weighted by molar-refractivity contribution is 0.237. The Morgan fingerprint density at radius 3 is 2.83 bits per heavy atom. The van der Waals surface area contributed by atoms with Gasteiger partial charge in [-0.2, -0.15) is 4.39 Å². The van der Waals surface area contributed by atoms with E-state index < -0.39 is 5.95 Å². The molecule has 1 aromatic heterocycles. The first kappa shape index (κ1) is 9.13. The topological polar surface area (TPSA) is 33.1 Å². The molecule has 0 saturated carbocycles. The monoisotopic (exact) mass is 169 g/mol. The fourth-order valence-electron chi connectivity index (χ4n) is 0.994. The number of aliphatic hydroxyl groups excluding tert-OH is 1. The van der Waals surface area contributed by atoms with Crippen LogP contribution in [0.5, 0.6) is 0 Å². The van der Waals surface area contributed by atoms with E-state index in [4.69, 9.17) is 5.11 Å². The van der Waals surface area contributed by atoms with Gasteiger partial charge in [0.05, 0.1) is 0 Å². The third-order valence-corrected chi connectivity index (χ3v) is 1.68. The molecule has 0 radical (unpaired) electrons. The maximum absolute atomic E-state index is 12.3. The van der Waals surface area contributed by atoms with Crippen LogP contribution in [-0.4, -0.2) is 16.7 Å². The van der Waals surface area contributed by atoms with Crippen LogP contribution in [0.15, 0.2) is 18.3 Å². The molecular weight excluding hydrogens is 157 g/mol. The van der Waals surface area contributed by atoms with Crippen molar-refractivity contribution in [1.29, 1.82) is 0 Å². The summed E-state index contributed by atoms with van der Waals surface area (Å²) in [4.78, 5) is 3.52. The minimum absolute atomic E-state index is 0.150. The number of hydrogen-bond acceptors (Lipinski definition) is 2. The number of aromatic nitrogens is 1. The van der Waals surface area contributed by atoms with Gasteiger partial charge in [0.1, 0.15) is 0 Å². The molecule has 0 amide bonds. The summed E-state index contributed by atoms with van der Waals surface area (Å²) in [5, 5.41) is 8.76. The number of pyridine rings is 1. The molecule has 0 aliphatic rings. The Bertz CT molecular complexity index is 235. The van der Waals surface area contributed by atoms with E-state index in [2.05, 4.69) is 4.98 Å². The summed E-state index contributed by atoms with van der Waals surface area (Å²) in [7, 11) is 0. The van der Waals surface area contributed by atoms with E-state index in [1.54, 1.807) is 6.07 Å². The second-order valence-electron chi connectivity index (χ2n) is 2.98. The van der Waals surface area contributed by atoms with E-state index in [9.17, 15) is 4.39 Å². The molecule has 0 aromatic carbocycles. The van der Waals surface area contributed by atoms with E-state index in [1.165, 1.54) is 12.3 Å². The van der Waals surface area contributed by atoms with Crippen LogP contribution in [0.4, 0.5) is 4.39 Å². The number of rotatable bonds is 3. The van der Waals surface area contributed by atoms with Gasteiger partial charge in [-0.15, -0.1) is 0 Å². The lowest BCUT2D eigenvalue weighted by Gasteiger charge is -2.06. The molecule has 0 saturated heterocycles. The SMILES string of the molecule is C[C@@H](CO)Cc1ccc(F)nc1. The number of hydrogen-bond donors (Lipinski definition) is 1. The molecule has 3 heteroatoms. The quantitative estimate of drug-likeness (QED) is 0.693. The van der Waals surface area contributed by atoms with Gasteiger partial charge < -0.3 is 5.11 Å². The molecule has 12 heavy (non-hydrogen) atoms. The predicted octanol–water partition coefficient (Wildman–Crippen LogP) is 1.39. The Morgan fingerprint density at radius 2 is 2.33 bits per heavy atom. The van der Waals surface area contributed by atoms with E-state index in [0.29, 0.717) is 0 Å². The fourth-order valence-corrected chi connectivity index (χ4v) is 0.994. The summed E-state index contributed by atoms with van der Waals surface area (Å²) < 4.78 is 12.3. The Labute approximate surface area is 71.1 Å². The van der Waals surface area contributed by atoms with Crippen molar-refractivity contribution in [2.75, 3.05) is 6.61 Å². The molecule has 0 spiro atoms. The second kappa shape index (κ2) is 4.16. The van der Waals surface area contributed by atoms with Crippen molar-refractivity contribution in [1.82, 2.24) is 4.98 Å². The molecule has 2 nitrogen and oxygen atoms in total. The van der Waals surface area contributed by atoms with Gasteiger partial charge in [-0.3, -0.25) is 0 Å². The van der Waals surface area contributed by atoms with Crippen molar-refractivity contribution in [3.8, 4) is 0 Å². The van der Waals surface area contributed by atoms with Crippen LogP contribution in [0.2, 0.25) is 0 Å². The van der Waals surface area contributed by atoms with Crippen molar-refractivity contribution in [3.63, 3.8) is 0 Å². The Balaban J connectivity index is 2.58. The fraction of sp³-hybridized carbons (Fsp3) is 0.444. The van der Waals surface area contributed by atoms with Crippen molar-refractivity contribution in [2.24, 2.45) is 5.92 Å². The standard InChI is InChI=1S/C9H12FNO/c1-7(6-12)4-8-2-3-9(10)11-5-8/h2-3,5,7,12H,4,6H2,1H3/t7-/m1/s1. The third-order valence-electron chi connectivity index (χ3n) is 1.68. The maximum atomic E-state index is 12.3. The zero-order chi connectivity index (χ0) is 8.97. The van der Waals surface area contributed by atoms with Gasteiger partial charge in [-0.1, -0.05) is 13.0 Å². The molecule has 0 bridgehead atoms. The molecule has 1 N–H and O–H groups in total. The molecule has 0 aliphatic heterocycles. The number of halogens is 1. The molecule has 66 valence electrons. The summed E-state index contributed by atoms with van der Waals surface area (Å²) in [5.74, 6) is -0.257. The highest BCUT2D eigenvalue weighted by Crippen LogP contribution is 2.06. The van der Waals surface area contributed by atoms with Crippen molar-refractivity contribution in [3.05, 3.63) is 29.8 Å². The molecular formula is C9H12FNO. The van der Waals surface area contributed by atoms with Gasteiger partial charge in [0.15, 0.2) is 0 Å². The first-order valence-electron chi connectivity index (χ1n) is 3.93. The van der Waals surface area contributed by atoms with Gasteiger partial charge >= 0.3 is 0 Å². The van der Waals surface area contributed by atoms with Crippen molar-refractivity contribution < 1.29 is 9.50 Å². The van der Waals surface area contributed by atoms with Crippen molar-refractivity contribution >= 4 is 0 Å². The average molecular weight is 169 g/mol. The predicted molar refractivity (Wildman–Crippen MR) is 44.1 cm³/mol. The van der Waals surface area contributed by atoms with Gasteiger partial charge in [-0.25, -0.2) is 4.98 Å². The lowest BCUT2D eigenvalue weighted by Crippen LogP contribution is -2.04. The Kier molecular flexibility index (Phi) is 3.17. The minimum Gasteiger partial charge on any atom is -0.396 e. The van der Waals surface area contributed by atoms with Gasteiger partial charge in [0.2, 0.25) is 5.95 Å². The Morgan fingerprint density at radius 1 is 1.58 bits per heavy atom. The van der Waals surface area contributed by atoms with Crippen LogP contribution in [-0.2, 0) is 6.42 Å². The summed E-state index contributed by atoms with van der Waals surface area (Å²) in [6, 6.07) is 3.02. The highest BCUT2D eigenvalue weighted by Gasteiger charge is 2.01. The van der Waals surface area contributed by atoms with Crippen LogP contribution in [0.1, 0.15) is 12.5 Å². The van der Waals surface area contributed by atoms with Crippen molar-refractivity contribution in [2.45, 2.75) is 13.3 Å². The smallest absolute Gasteiger partial charge is 0.212 e. The summed E-state index contributed by atoms with van der Waals surface area (Å²) in [6.07, 6.45) is 2.24. The molecule has 0 fully saturated rings. The highest BCUT2D eigenvalue weighted by atomic mass is 19.1. The molecule has 1 rings (SSSR count). The number of nitrogens with zero attached hydrogens (tertiary/aromatic N) is 1. The zero-order valence-electron chi connectivity index (χ0n) is 7.00. The van der Waals surface area contributed by atoms with E-state index in [1.807, 2.05) is 6.92 Å². The van der Waals surface area contributed by atoms with Crippen LogP contribution in [0.3, 0.4) is 0 Å². The van der Waals surface area contributed by atoms with Gasteiger partial charge in [0.25, 0.3) is 0 Å². The summed E-state index contributed by atoms with van der Waals surface area (Å²) >= 11 is 0. The first-order valence-corrected chi connectivity index (χ1v) is 3.93. The molecule has 1 heterocycles. The first-order chi connectivity index (χ1) is 5.72. The molecule has 0 unspecified atom stereocenters. The van der Waals surface area contributed by atoms with Crippen LogP contribution >= 0.6 is 0 Å². The third kappa shape index (κ3) is 2.58. The van der Waals surface area contributed by atoms with Crippen LogP contribution in [0, 0.1) is 11.9 Å². The maximum Gasteiger partial charge on any atom is 0.212 e. The molecule has 1 aromatic rings. The highest BCUT2D eigenvalue weighted by molar-refractivity contribution is 5.09. The zero-order valence-corrected chi connectivity index (χ0v) is 7.00. The molecule has 1 atom stereocenters. The van der Waals surface area contributed by atoms with Crippen LogP contribution < -0.4 is 0 Å². The second-order valence-corrected chi connectivity index (χ2v) is 2.98. The van der Waals surface area contributed by atoms with Gasteiger partial charge in [0, 0.05) is 12.8 Å². The van der Waals surface area contributed by atoms with Gasteiger partial charge in [-0.05, 0) is 24.0 Å². The average Bonchev–Trinajstić information content (AvgIpc) is 2.09. The minimum atomic E-state index is -0.463. The number of aliphatic hydroxyl groups is 1. The summed E-state index contributed by atoms with van der Waals surface area (Å²) in [6.45, 7) is 2.08. The van der Waals surface area contributed by atoms with E-state index in [0.717, 1.165) is 12.0 Å². The Hall–Kier alpha value is -0.960. The summed E-state index contributed by atoms with van der Waals surface area (Å²) in [5.41, 5.74) is 0.956. The normalized spacial score (nSPS) is 12.9. The van der Waals surface area contributed by atoms with E-state index >= 15 is 0 Å².